The van der Waals surface area contributed by atoms with Crippen LogP contribution in [0.3, 0.4) is 0 Å². The SMILES string of the molecule is COc1cc(-c2cccc(-c3ccc4nc[nH]c(=O)c4c3)c2C)cc(F)c1CN. The Morgan fingerprint density at radius 3 is 2.59 bits per heavy atom. The molecule has 0 saturated carbocycles. The van der Waals surface area contributed by atoms with Crippen molar-refractivity contribution in [3.8, 4) is 28.0 Å². The standard InChI is InChI=1S/C23H20FN3O2/c1-13-16(14-6-7-21-18(8-14)23(28)27-12-26-21)4-3-5-17(13)15-9-20(24)19(11-25)22(10-15)29-2/h3-10,12H,11,25H2,1-2H3,(H,26,27,28). The maximum atomic E-state index is 14.6. The fourth-order valence-electron chi connectivity index (χ4n) is 3.64. The number of nitrogens with one attached hydrogen (secondary N) is 1. The van der Waals surface area contributed by atoms with Crippen molar-refractivity contribution in [2.24, 2.45) is 5.73 Å². The third-order valence-electron chi connectivity index (χ3n) is 5.17. The quantitative estimate of drug-likeness (QED) is 0.549. The smallest absolute Gasteiger partial charge is 0.258 e. The van der Waals surface area contributed by atoms with E-state index in [0.717, 1.165) is 22.3 Å². The highest BCUT2D eigenvalue weighted by atomic mass is 19.1. The highest BCUT2D eigenvalue weighted by Crippen LogP contribution is 2.35. The molecule has 29 heavy (non-hydrogen) atoms. The van der Waals surface area contributed by atoms with Gasteiger partial charge in [0.15, 0.2) is 0 Å². The third-order valence-corrected chi connectivity index (χ3v) is 5.17. The Hall–Kier alpha value is -3.51. The number of hydrogen-bond acceptors (Lipinski definition) is 4. The summed E-state index contributed by atoms with van der Waals surface area (Å²) >= 11 is 0. The molecule has 0 fully saturated rings. The van der Waals surface area contributed by atoms with E-state index in [0.29, 0.717) is 27.8 Å². The molecule has 0 unspecified atom stereocenters. The normalized spacial score (nSPS) is 11.0. The Balaban J connectivity index is 1.88. The number of rotatable bonds is 4. The summed E-state index contributed by atoms with van der Waals surface area (Å²) in [5, 5.41) is 0.523. The summed E-state index contributed by atoms with van der Waals surface area (Å²) in [6.07, 6.45) is 1.39. The number of methoxy groups -OCH3 is 1. The minimum absolute atomic E-state index is 0.0635. The number of fused-ring (bicyclic) bond motifs is 1. The number of halogens is 1. The molecule has 1 heterocycles. The highest BCUT2D eigenvalue weighted by molar-refractivity contribution is 5.86. The molecule has 0 aliphatic carbocycles. The van der Waals surface area contributed by atoms with Gasteiger partial charge >= 0.3 is 0 Å². The van der Waals surface area contributed by atoms with Gasteiger partial charge < -0.3 is 15.5 Å². The molecule has 146 valence electrons. The van der Waals surface area contributed by atoms with E-state index in [1.54, 1.807) is 6.07 Å². The van der Waals surface area contributed by atoms with Gasteiger partial charge in [0.25, 0.3) is 5.56 Å². The molecule has 1 aromatic heterocycles. The van der Waals surface area contributed by atoms with Crippen LogP contribution in [-0.4, -0.2) is 17.1 Å². The minimum Gasteiger partial charge on any atom is -0.496 e. The zero-order chi connectivity index (χ0) is 20.5. The molecule has 4 rings (SSSR count). The third kappa shape index (κ3) is 3.28. The summed E-state index contributed by atoms with van der Waals surface area (Å²) in [5.74, 6) is 0.0329. The van der Waals surface area contributed by atoms with Crippen LogP contribution in [0.1, 0.15) is 11.1 Å². The van der Waals surface area contributed by atoms with Gasteiger partial charge in [0, 0.05) is 12.1 Å². The first-order valence-electron chi connectivity index (χ1n) is 9.17. The zero-order valence-electron chi connectivity index (χ0n) is 16.1. The summed E-state index contributed by atoms with van der Waals surface area (Å²) < 4.78 is 19.9. The number of hydrogen-bond donors (Lipinski definition) is 2. The lowest BCUT2D eigenvalue weighted by Gasteiger charge is -2.15. The van der Waals surface area contributed by atoms with E-state index in [2.05, 4.69) is 9.97 Å². The predicted molar refractivity (Wildman–Crippen MR) is 112 cm³/mol. The second kappa shape index (κ2) is 7.48. The van der Waals surface area contributed by atoms with E-state index in [4.69, 9.17) is 10.5 Å². The van der Waals surface area contributed by atoms with Crippen LogP contribution in [0.25, 0.3) is 33.2 Å². The van der Waals surface area contributed by atoms with Gasteiger partial charge in [0.1, 0.15) is 11.6 Å². The van der Waals surface area contributed by atoms with Crippen molar-refractivity contribution in [3.63, 3.8) is 0 Å². The van der Waals surface area contributed by atoms with Gasteiger partial charge in [0.2, 0.25) is 0 Å². The van der Waals surface area contributed by atoms with E-state index in [9.17, 15) is 9.18 Å². The van der Waals surface area contributed by atoms with Gasteiger partial charge in [-0.25, -0.2) is 9.37 Å². The first-order valence-corrected chi connectivity index (χ1v) is 9.17. The molecule has 0 amide bonds. The molecular formula is C23H20FN3O2. The van der Waals surface area contributed by atoms with Crippen molar-refractivity contribution in [2.45, 2.75) is 13.5 Å². The molecule has 0 atom stereocenters. The lowest BCUT2D eigenvalue weighted by molar-refractivity contribution is 0.405. The van der Waals surface area contributed by atoms with Gasteiger partial charge in [-0.15, -0.1) is 0 Å². The van der Waals surface area contributed by atoms with E-state index in [-0.39, 0.29) is 12.1 Å². The maximum Gasteiger partial charge on any atom is 0.258 e. The highest BCUT2D eigenvalue weighted by Gasteiger charge is 2.15. The number of nitrogens with two attached hydrogens (primary N) is 1. The Morgan fingerprint density at radius 1 is 1.10 bits per heavy atom. The first-order chi connectivity index (χ1) is 14.0. The predicted octanol–water partition coefficient (Wildman–Crippen LogP) is 4.17. The van der Waals surface area contributed by atoms with Crippen LogP contribution in [0.4, 0.5) is 4.39 Å². The fraction of sp³-hybridized carbons (Fsp3) is 0.130. The van der Waals surface area contributed by atoms with Gasteiger partial charge in [-0.05, 0) is 59.0 Å². The van der Waals surface area contributed by atoms with Crippen molar-refractivity contribution in [2.75, 3.05) is 7.11 Å². The number of benzene rings is 3. The second-order valence-corrected chi connectivity index (χ2v) is 6.78. The van der Waals surface area contributed by atoms with E-state index < -0.39 is 5.82 Å². The van der Waals surface area contributed by atoms with Crippen LogP contribution in [0.5, 0.6) is 5.75 Å². The van der Waals surface area contributed by atoms with Crippen molar-refractivity contribution < 1.29 is 9.13 Å². The summed E-state index contributed by atoms with van der Waals surface area (Å²) in [5.41, 5.74) is 10.8. The molecule has 0 spiro atoms. The average Bonchev–Trinajstić information content (AvgIpc) is 2.73. The first kappa shape index (κ1) is 18.8. The van der Waals surface area contributed by atoms with Gasteiger partial charge in [-0.3, -0.25) is 4.79 Å². The number of aromatic nitrogens is 2. The molecule has 0 aliphatic rings. The summed E-state index contributed by atoms with van der Waals surface area (Å²) in [6, 6.07) is 14.7. The Morgan fingerprint density at radius 2 is 1.86 bits per heavy atom. The van der Waals surface area contributed by atoms with Crippen LogP contribution in [0.15, 0.2) is 59.7 Å². The molecule has 3 aromatic carbocycles. The van der Waals surface area contributed by atoms with E-state index >= 15 is 0 Å². The molecule has 5 nitrogen and oxygen atoms in total. The van der Waals surface area contributed by atoms with Crippen molar-refractivity contribution >= 4 is 10.9 Å². The summed E-state index contributed by atoms with van der Waals surface area (Å²) in [6.45, 7) is 2.04. The lowest BCUT2D eigenvalue weighted by atomic mass is 9.91. The lowest BCUT2D eigenvalue weighted by Crippen LogP contribution is -2.06. The largest absolute Gasteiger partial charge is 0.496 e. The second-order valence-electron chi connectivity index (χ2n) is 6.78. The van der Waals surface area contributed by atoms with Crippen molar-refractivity contribution in [1.29, 1.82) is 0 Å². The van der Waals surface area contributed by atoms with Crippen molar-refractivity contribution in [1.82, 2.24) is 9.97 Å². The summed E-state index contributed by atoms with van der Waals surface area (Å²) in [4.78, 5) is 18.9. The Labute approximate surface area is 167 Å². The van der Waals surface area contributed by atoms with Crippen LogP contribution in [0, 0.1) is 12.7 Å². The molecule has 6 heteroatoms. The monoisotopic (exact) mass is 389 g/mol. The van der Waals surface area contributed by atoms with Gasteiger partial charge in [-0.1, -0.05) is 24.3 Å². The maximum absolute atomic E-state index is 14.6. The Kier molecular flexibility index (Phi) is 4.86. The molecule has 0 saturated heterocycles. The fourth-order valence-corrected chi connectivity index (χ4v) is 3.64. The Bertz CT molecular complexity index is 1280. The number of nitrogens with zero attached hydrogens (tertiary/aromatic N) is 1. The number of ether oxygens (including phenoxy) is 1. The molecule has 0 aliphatic heterocycles. The van der Waals surface area contributed by atoms with E-state index in [1.165, 1.54) is 19.5 Å². The topological polar surface area (TPSA) is 81.0 Å². The molecule has 0 radical (unpaired) electrons. The van der Waals surface area contributed by atoms with Crippen LogP contribution < -0.4 is 16.0 Å². The summed E-state index contributed by atoms with van der Waals surface area (Å²) in [7, 11) is 1.50. The molecular weight excluding hydrogens is 369 g/mol. The average molecular weight is 389 g/mol. The zero-order valence-corrected chi connectivity index (χ0v) is 16.1. The van der Waals surface area contributed by atoms with Gasteiger partial charge in [0.05, 0.1) is 24.3 Å². The van der Waals surface area contributed by atoms with Crippen LogP contribution in [-0.2, 0) is 6.54 Å². The van der Waals surface area contributed by atoms with E-state index in [1.807, 2.05) is 43.3 Å². The minimum atomic E-state index is -0.394. The van der Waals surface area contributed by atoms with Crippen LogP contribution in [0.2, 0.25) is 0 Å². The molecule has 4 aromatic rings. The number of H-pyrrole nitrogens is 1. The molecule has 3 N–H and O–H groups in total. The molecule has 0 bridgehead atoms. The van der Waals surface area contributed by atoms with Crippen LogP contribution >= 0.6 is 0 Å². The van der Waals surface area contributed by atoms with Gasteiger partial charge in [-0.2, -0.15) is 0 Å². The van der Waals surface area contributed by atoms with Crippen molar-refractivity contribution in [3.05, 3.63) is 82.2 Å². The number of aromatic amines is 1.